The quantitative estimate of drug-likeness (QED) is 0.635. The number of fused-ring (bicyclic) bond motifs is 1. The van der Waals surface area contributed by atoms with Gasteiger partial charge in [-0.2, -0.15) is 0 Å². The molecule has 3 aliphatic rings. The number of carbonyl (C=O) groups is 3. The molecule has 172 valence electrons. The fourth-order valence-electron chi connectivity index (χ4n) is 3.45. The van der Waals surface area contributed by atoms with Crippen LogP contribution < -0.4 is 10.6 Å². The Bertz CT molecular complexity index is 1710. The SMILES string of the molecule is [2H]C([2H])(Nc1cccc2c1CN([C@@H]1C(=O)NC(=O)C([2H])([2H])C1([2H])[2H])C2=O)c1ccc(C([2H])([2H])N2C([2H])([2H])C([2H])([2H])OC([2H])([2H])C2([2H])[2H])cc1. The smallest absolute Gasteiger partial charge is 0.255 e. The van der Waals surface area contributed by atoms with E-state index in [4.69, 9.17) is 21.9 Å². The number of imide groups is 1. The van der Waals surface area contributed by atoms with E-state index < -0.39 is 87.7 Å². The molecule has 0 aromatic heterocycles. The van der Waals surface area contributed by atoms with Crippen LogP contribution in [-0.4, -0.2) is 59.7 Å². The van der Waals surface area contributed by atoms with Gasteiger partial charge < -0.3 is 15.0 Å². The first-order chi connectivity index (χ1) is 22.1. The van der Waals surface area contributed by atoms with E-state index in [0.717, 1.165) is 29.2 Å². The number of amides is 3. The standard InChI is InChI=1S/C25H28N4O4/c30-23-9-8-22(24(31)27-23)29-16-20-19(25(29)32)2-1-3-21(20)26-14-17-4-6-18(7-5-17)15-28-10-12-33-13-11-28/h1-7,22,26H,8-16H2,(H,27,30,31)/t22-/m0/s1/i8D2,9D2,10D2,11D2,12D2,13D2,14D2,15D2. The fourth-order valence-corrected chi connectivity index (χ4v) is 3.45. The number of carbonyl (C=O) groups excluding carboxylic acids is 3. The molecular formula is C25H28N4O4. The monoisotopic (exact) mass is 464 g/mol. The number of nitrogens with one attached hydrogen (secondary N) is 2. The van der Waals surface area contributed by atoms with E-state index in [9.17, 15) is 14.4 Å². The highest BCUT2D eigenvalue weighted by molar-refractivity contribution is 6.06. The van der Waals surface area contributed by atoms with Crippen LogP contribution in [0.2, 0.25) is 0 Å². The first-order valence-corrected chi connectivity index (χ1v) is 9.74. The van der Waals surface area contributed by atoms with Crippen molar-refractivity contribution in [3.8, 4) is 0 Å². The molecule has 0 unspecified atom stereocenters. The number of piperidine rings is 1. The first kappa shape index (κ1) is 9.95. The summed E-state index contributed by atoms with van der Waals surface area (Å²) in [5.74, 6) is -3.61. The van der Waals surface area contributed by atoms with E-state index in [1.54, 1.807) is 5.32 Å². The van der Waals surface area contributed by atoms with Crippen LogP contribution in [-0.2, 0) is 33.9 Å². The molecule has 3 heterocycles. The normalized spacial score (nSPS) is 38.4. The third-order valence-corrected chi connectivity index (χ3v) is 5.00. The molecule has 2 saturated heterocycles. The summed E-state index contributed by atoms with van der Waals surface area (Å²) in [6.45, 7) is -20.3. The van der Waals surface area contributed by atoms with Crippen LogP contribution in [0.5, 0.6) is 0 Å². The lowest BCUT2D eigenvalue weighted by molar-refractivity contribution is -0.136. The number of anilines is 1. The highest BCUT2D eigenvalue weighted by Gasteiger charge is 2.39. The van der Waals surface area contributed by atoms with E-state index >= 15 is 0 Å². The largest absolute Gasteiger partial charge is 0.381 e. The van der Waals surface area contributed by atoms with Crippen LogP contribution in [0.15, 0.2) is 42.5 Å². The van der Waals surface area contributed by atoms with Gasteiger partial charge in [0.15, 0.2) is 0 Å². The molecule has 3 aliphatic heterocycles. The van der Waals surface area contributed by atoms with Crippen molar-refractivity contribution >= 4 is 23.4 Å². The Balaban J connectivity index is 1.44. The third kappa shape index (κ3) is 4.62. The minimum Gasteiger partial charge on any atom is -0.381 e. The summed E-state index contributed by atoms with van der Waals surface area (Å²) in [6, 6.07) is 6.11. The van der Waals surface area contributed by atoms with Crippen molar-refractivity contribution in [3.05, 3.63) is 64.7 Å². The van der Waals surface area contributed by atoms with Crippen molar-refractivity contribution in [2.45, 2.75) is 38.3 Å². The van der Waals surface area contributed by atoms with Crippen molar-refractivity contribution < 1.29 is 41.1 Å². The number of ether oxygens (including phenoxy) is 1. The summed E-state index contributed by atoms with van der Waals surface area (Å²) in [6.07, 6.45) is -6.31. The number of nitrogens with zero attached hydrogens (tertiary/aromatic N) is 2. The molecule has 2 N–H and O–H groups in total. The molecule has 0 saturated carbocycles. The van der Waals surface area contributed by atoms with Crippen LogP contribution in [0, 0.1) is 0 Å². The molecule has 8 heteroatoms. The van der Waals surface area contributed by atoms with Gasteiger partial charge >= 0.3 is 0 Å². The van der Waals surface area contributed by atoms with Gasteiger partial charge in [0.2, 0.25) is 11.8 Å². The summed E-state index contributed by atoms with van der Waals surface area (Å²) in [7, 11) is 0. The summed E-state index contributed by atoms with van der Waals surface area (Å²) >= 11 is 0. The molecule has 8 nitrogen and oxygen atoms in total. The van der Waals surface area contributed by atoms with Gasteiger partial charge in [-0.15, -0.1) is 0 Å². The van der Waals surface area contributed by atoms with Crippen molar-refractivity contribution in [1.29, 1.82) is 0 Å². The molecule has 5 rings (SSSR count). The molecular weight excluding hydrogens is 420 g/mol. The Labute approximate surface area is 215 Å². The van der Waals surface area contributed by atoms with E-state index in [-0.39, 0.29) is 27.3 Å². The predicted octanol–water partition coefficient (Wildman–Crippen LogP) is 1.89. The van der Waals surface area contributed by atoms with Crippen LogP contribution in [0.3, 0.4) is 0 Å². The molecule has 2 aromatic carbocycles. The van der Waals surface area contributed by atoms with Crippen molar-refractivity contribution in [2.24, 2.45) is 0 Å². The van der Waals surface area contributed by atoms with Gasteiger partial charge in [0.25, 0.3) is 5.91 Å². The average Bonchev–Trinajstić information content (AvgIpc) is 3.27. The van der Waals surface area contributed by atoms with Crippen LogP contribution in [0.1, 0.15) is 61.7 Å². The van der Waals surface area contributed by atoms with Crippen molar-refractivity contribution in [3.63, 3.8) is 0 Å². The summed E-state index contributed by atoms with van der Waals surface area (Å²) in [4.78, 5) is 38.6. The minimum absolute atomic E-state index is 0.00722. The molecule has 0 spiro atoms. The highest BCUT2D eigenvalue weighted by atomic mass is 16.5. The predicted molar refractivity (Wildman–Crippen MR) is 122 cm³/mol. The van der Waals surface area contributed by atoms with Gasteiger partial charge in [-0.1, -0.05) is 30.3 Å². The second kappa shape index (κ2) is 9.33. The van der Waals surface area contributed by atoms with Gasteiger partial charge in [0, 0.05) is 69.4 Å². The summed E-state index contributed by atoms with van der Waals surface area (Å²) in [5, 5.41) is 4.35. The second-order valence-electron chi connectivity index (χ2n) is 7.06. The fraction of sp³-hybridized carbons (Fsp3) is 0.400. The Kier molecular flexibility index (Phi) is 2.81. The number of morpholine rings is 1. The maximum atomic E-state index is 13.3. The molecule has 2 fully saturated rings. The van der Waals surface area contributed by atoms with Crippen molar-refractivity contribution in [2.75, 3.05) is 31.4 Å². The molecule has 3 amide bonds. The zero-order valence-electron chi connectivity index (χ0n) is 32.9. The molecule has 0 radical (unpaired) electrons. The Morgan fingerprint density at radius 2 is 1.85 bits per heavy atom. The molecule has 0 aliphatic carbocycles. The van der Waals surface area contributed by atoms with Crippen LogP contribution >= 0.6 is 0 Å². The van der Waals surface area contributed by atoms with Gasteiger partial charge in [0.1, 0.15) is 6.04 Å². The minimum atomic E-state index is -3.55. The van der Waals surface area contributed by atoms with Gasteiger partial charge in [0.05, 0.1) is 21.3 Å². The van der Waals surface area contributed by atoms with Gasteiger partial charge in [-0.3, -0.25) is 24.6 Å². The maximum Gasteiger partial charge on any atom is 0.255 e. The first-order valence-electron chi connectivity index (χ1n) is 17.7. The Morgan fingerprint density at radius 1 is 1.09 bits per heavy atom. The van der Waals surface area contributed by atoms with Crippen LogP contribution in [0.4, 0.5) is 5.69 Å². The second-order valence-corrected chi connectivity index (χ2v) is 7.06. The lowest BCUT2D eigenvalue weighted by atomic mass is 10.0. The molecule has 1 atom stereocenters. The number of benzene rings is 2. The van der Waals surface area contributed by atoms with Crippen molar-refractivity contribution in [1.82, 2.24) is 15.1 Å². The van der Waals surface area contributed by atoms with E-state index in [1.807, 2.05) is 0 Å². The lowest BCUT2D eigenvalue weighted by Crippen LogP contribution is -2.52. The van der Waals surface area contributed by atoms with Gasteiger partial charge in [-0.05, 0) is 29.6 Å². The van der Waals surface area contributed by atoms with Gasteiger partial charge in [-0.25, -0.2) is 0 Å². The molecule has 2 aromatic rings. The third-order valence-electron chi connectivity index (χ3n) is 5.00. The maximum absolute atomic E-state index is 13.3. The number of hydrogen-bond donors (Lipinski definition) is 2. The zero-order valence-corrected chi connectivity index (χ0v) is 16.9. The molecule has 33 heavy (non-hydrogen) atoms. The number of rotatable bonds is 6. The molecule has 0 bridgehead atoms. The summed E-state index contributed by atoms with van der Waals surface area (Å²) < 4.78 is 135. The van der Waals surface area contributed by atoms with E-state index in [0.29, 0.717) is 0 Å². The Hall–Kier alpha value is -3.23. The number of hydrogen-bond acceptors (Lipinski definition) is 6. The zero-order chi connectivity index (χ0) is 37.1. The highest BCUT2D eigenvalue weighted by Crippen LogP contribution is 2.32. The van der Waals surface area contributed by atoms with E-state index in [1.165, 1.54) is 18.2 Å². The average molecular weight is 465 g/mol. The topological polar surface area (TPSA) is 91.0 Å². The lowest BCUT2D eigenvalue weighted by Gasteiger charge is -2.29. The van der Waals surface area contributed by atoms with E-state index in [2.05, 4.69) is 10.1 Å². The van der Waals surface area contributed by atoms with Crippen LogP contribution in [0.25, 0.3) is 0 Å². The Morgan fingerprint density at radius 3 is 2.64 bits per heavy atom. The summed E-state index contributed by atoms with van der Waals surface area (Å²) in [5.41, 5.74) is -0.592.